The Hall–Kier alpha value is -0.540. The molecule has 0 aliphatic heterocycles. The summed E-state index contributed by atoms with van der Waals surface area (Å²) in [6, 6.07) is 6.09. The summed E-state index contributed by atoms with van der Waals surface area (Å²) in [5.74, 6) is 1.31. The van der Waals surface area contributed by atoms with Gasteiger partial charge in [-0.1, -0.05) is 29.8 Å². The topological polar surface area (TPSA) is 29.5 Å². The third kappa shape index (κ3) is 2.89. The zero-order valence-corrected chi connectivity index (χ0v) is 12.8. The minimum atomic E-state index is -0.693. The van der Waals surface area contributed by atoms with Crippen LogP contribution in [0, 0.1) is 0 Å². The molecule has 1 fully saturated rings. The molecule has 1 aliphatic rings. The van der Waals surface area contributed by atoms with Gasteiger partial charge >= 0.3 is 0 Å². The molecule has 1 N–H and O–H groups in total. The Bertz CT molecular complexity index is 427. The first-order valence-corrected chi connectivity index (χ1v) is 7.38. The average molecular weight is 313 g/mol. The van der Waals surface area contributed by atoms with Crippen LogP contribution in [0.5, 0.6) is 5.75 Å². The molecule has 0 heterocycles. The molecule has 0 amide bonds. The van der Waals surface area contributed by atoms with Gasteiger partial charge in [-0.2, -0.15) is 0 Å². The van der Waals surface area contributed by atoms with Gasteiger partial charge in [0.25, 0.3) is 0 Å². The first-order chi connectivity index (χ1) is 8.40. The smallest absolute Gasteiger partial charge is 0.127 e. The van der Waals surface area contributed by atoms with E-state index in [-0.39, 0.29) is 6.10 Å². The van der Waals surface area contributed by atoms with Crippen molar-refractivity contribution in [2.75, 3.05) is 0 Å². The van der Waals surface area contributed by atoms with Gasteiger partial charge in [-0.25, -0.2) is 0 Å². The van der Waals surface area contributed by atoms with Crippen molar-refractivity contribution in [3.63, 3.8) is 0 Å². The number of rotatable bonds is 3. The molecule has 1 aromatic carbocycles. The predicted octanol–water partition coefficient (Wildman–Crippen LogP) is 4.25. The lowest BCUT2D eigenvalue weighted by atomic mass is 10.0. The summed E-state index contributed by atoms with van der Waals surface area (Å²) in [6.45, 7) is 6.18. The minimum Gasteiger partial charge on any atom is -0.487 e. The molecule has 0 saturated heterocycles. The summed E-state index contributed by atoms with van der Waals surface area (Å²) in [5.41, 5.74) is 0.494. The van der Waals surface area contributed by atoms with Crippen molar-refractivity contribution < 1.29 is 9.84 Å². The molecule has 0 bridgehead atoms. The van der Waals surface area contributed by atoms with Crippen LogP contribution in [-0.4, -0.2) is 16.8 Å². The fourth-order valence-corrected chi connectivity index (χ4v) is 2.91. The Morgan fingerprint density at radius 1 is 1.44 bits per heavy atom. The summed E-state index contributed by atoms with van der Waals surface area (Å²) < 4.78 is 7.13. The first-order valence-electron chi connectivity index (χ1n) is 6.58. The highest BCUT2D eigenvalue weighted by atomic mass is 79.9. The molecular formula is C15H21BrO2. The van der Waals surface area contributed by atoms with Gasteiger partial charge in [-0.3, -0.25) is 0 Å². The van der Waals surface area contributed by atoms with Crippen molar-refractivity contribution in [3.05, 3.63) is 28.2 Å². The van der Waals surface area contributed by atoms with Crippen molar-refractivity contribution in [2.45, 2.75) is 57.7 Å². The normalized spacial score (nSPS) is 27.8. The third-order valence-electron chi connectivity index (χ3n) is 3.71. The van der Waals surface area contributed by atoms with E-state index in [4.69, 9.17) is 4.74 Å². The van der Waals surface area contributed by atoms with Gasteiger partial charge in [0.05, 0.1) is 5.60 Å². The van der Waals surface area contributed by atoms with Crippen molar-refractivity contribution in [1.29, 1.82) is 0 Å². The van der Waals surface area contributed by atoms with Crippen LogP contribution in [0.1, 0.15) is 51.5 Å². The highest BCUT2D eigenvalue weighted by Crippen LogP contribution is 2.36. The van der Waals surface area contributed by atoms with Crippen molar-refractivity contribution in [1.82, 2.24) is 0 Å². The lowest BCUT2D eigenvalue weighted by Crippen LogP contribution is -2.38. The van der Waals surface area contributed by atoms with Crippen LogP contribution in [0.15, 0.2) is 22.7 Å². The van der Waals surface area contributed by atoms with Gasteiger partial charge in [0.15, 0.2) is 0 Å². The van der Waals surface area contributed by atoms with Crippen LogP contribution >= 0.6 is 15.9 Å². The van der Waals surface area contributed by atoms with E-state index in [0.29, 0.717) is 5.92 Å². The van der Waals surface area contributed by atoms with Gasteiger partial charge in [-0.05, 0) is 55.9 Å². The lowest BCUT2D eigenvalue weighted by molar-refractivity contribution is -0.0256. The van der Waals surface area contributed by atoms with Crippen LogP contribution in [-0.2, 0) is 0 Å². The lowest BCUT2D eigenvalue weighted by Gasteiger charge is -2.28. The van der Waals surface area contributed by atoms with E-state index in [1.165, 1.54) is 5.56 Å². The van der Waals surface area contributed by atoms with E-state index in [0.717, 1.165) is 29.5 Å². The maximum absolute atomic E-state index is 10.3. The van der Waals surface area contributed by atoms with E-state index in [2.05, 4.69) is 35.8 Å². The molecule has 1 saturated carbocycles. The van der Waals surface area contributed by atoms with Gasteiger partial charge in [0, 0.05) is 4.47 Å². The van der Waals surface area contributed by atoms with Gasteiger partial charge in [0.2, 0.25) is 0 Å². The SMILES string of the molecule is CC(C)c1cc(Br)ccc1OC1CCCC1(C)O. The Balaban J connectivity index is 2.24. The number of aliphatic hydroxyl groups is 1. The molecule has 1 aromatic rings. The van der Waals surface area contributed by atoms with E-state index in [1.807, 2.05) is 19.1 Å². The third-order valence-corrected chi connectivity index (χ3v) is 4.20. The Morgan fingerprint density at radius 3 is 2.72 bits per heavy atom. The number of hydrogen-bond donors (Lipinski definition) is 1. The molecule has 2 unspecified atom stereocenters. The second kappa shape index (κ2) is 5.22. The van der Waals surface area contributed by atoms with Gasteiger partial charge in [0.1, 0.15) is 11.9 Å². The predicted molar refractivity (Wildman–Crippen MR) is 77.1 cm³/mol. The van der Waals surface area contributed by atoms with E-state index in [9.17, 15) is 5.11 Å². The fourth-order valence-electron chi connectivity index (χ4n) is 2.53. The Kier molecular flexibility index (Phi) is 4.02. The van der Waals surface area contributed by atoms with E-state index < -0.39 is 5.60 Å². The largest absolute Gasteiger partial charge is 0.487 e. The van der Waals surface area contributed by atoms with Crippen LogP contribution in [0.25, 0.3) is 0 Å². The first kappa shape index (κ1) is 13.9. The summed E-state index contributed by atoms with van der Waals surface area (Å²) >= 11 is 3.49. The highest BCUT2D eigenvalue weighted by molar-refractivity contribution is 9.10. The highest BCUT2D eigenvalue weighted by Gasteiger charge is 2.38. The van der Waals surface area contributed by atoms with Crippen molar-refractivity contribution in [3.8, 4) is 5.75 Å². The number of hydrogen-bond acceptors (Lipinski definition) is 2. The molecule has 0 radical (unpaired) electrons. The van der Waals surface area contributed by atoms with Crippen LogP contribution in [0.4, 0.5) is 0 Å². The standard InChI is InChI=1S/C15H21BrO2/c1-10(2)12-9-11(16)6-7-13(12)18-14-5-4-8-15(14,3)17/h6-7,9-10,14,17H,4-5,8H2,1-3H3. The van der Waals surface area contributed by atoms with Crippen LogP contribution in [0.3, 0.4) is 0 Å². The molecule has 100 valence electrons. The molecule has 0 aromatic heterocycles. The van der Waals surface area contributed by atoms with Gasteiger partial charge < -0.3 is 9.84 Å². The molecule has 2 rings (SSSR count). The Morgan fingerprint density at radius 2 is 2.17 bits per heavy atom. The molecule has 2 atom stereocenters. The zero-order valence-electron chi connectivity index (χ0n) is 11.2. The summed E-state index contributed by atoms with van der Waals surface area (Å²) in [6.07, 6.45) is 2.70. The van der Waals surface area contributed by atoms with E-state index >= 15 is 0 Å². The van der Waals surface area contributed by atoms with Gasteiger partial charge in [-0.15, -0.1) is 0 Å². The maximum atomic E-state index is 10.3. The van der Waals surface area contributed by atoms with Crippen LogP contribution < -0.4 is 4.74 Å². The second-order valence-electron chi connectivity index (χ2n) is 5.69. The molecular weight excluding hydrogens is 292 g/mol. The quantitative estimate of drug-likeness (QED) is 0.904. The van der Waals surface area contributed by atoms with E-state index in [1.54, 1.807) is 0 Å². The molecule has 3 heteroatoms. The summed E-state index contributed by atoms with van der Waals surface area (Å²) in [4.78, 5) is 0. The fraction of sp³-hybridized carbons (Fsp3) is 0.600. The number of benzene rings is 1. The summed E-state index contributed by atoms with van der Waals surface area (Å²) in [7, 11) is 0. The summed E-state index contributed by atoms with van der Waals surface area (Å²) in [5, 5.41) is 10.3. The Labute approximate surface area is 117 Å². The average Bonchev–Trinajstić information content (AvgIpc) is 2.60. The second-order valence-corrected chi connectivity index (χ2v) is 6.61. The van der Waals surface area contributed by atoms with Crippen molar-refractivity contribution >= 4 is 15.9 Å². The molecule has 1 aliphatic carbocycles. The number of ether oxygens (including phenoxy) is 1. The molecule has 2 nitrogen and oxygen atoms in total. The molecule has 0 spiro atoms. The van der Waals surface area contributed by atoms with Crippen molar-refractivity contribution in [2.24, 2.45) is 0 Å². The minimum absolute atomic E-state index is 0.0869. The van der Waals surface area contributed by atoms with Crippen LogP contribution in [0.2, 0.25) is 0 Å². The molecule has 18 heavy (non-hydrogen) atoms. The number of halogens is 1. The maximum Gasteiger partial charge on any atom is 0.127 e. The zero-order chi connectivity index (χ0) is 13.3. The monoisotopic (exact) mass is 312 g/mol.